The van der Waals surface area contributed by atoms with Crippen molar-refractivity contribution in [2.45, 2.75) is 33.7 Å². The van der Waals surface area contributed by atoms with Gasteiger partial charge in [-0.3, -0.25) is 9.89 Å². The molecule has 0 spiro atoms. The molecule has 0 saturated carbocycles. The first-order valence-corrected chi connectivity index (χ1v) is 7.56. The Morgan fingerprint density at radius 1 is 1.20 bits per heavy atom. The molecule has 0 bridgehead atoms. The molecule has 5 nitrogen and oxygen atoms in total. The minimum absolute atomic E-state index is 0.187. The van der Waals surface area contributed by atoms with Gasteiger partial charge in [-0.25, -0.2) is 0 Å². The van der Waals surface area contributed by atoms with E-state index in [1.807, 2.05) is 12.1 Å². The third-order valence-corrected chi connectivity index (χ3v) is 3.24. The third-order valence-electron chi connectivity index (χ3n) is 3.24. The van der Waals surface area contributed by atoms with Crippen molar-refractivity contribution < 1.29 is 4.42 Å². The number of likely N-dealkylation sites (N-methyl/N-ethyl adjacent to an activating group) is 1. The van der Waals surface area contributed by atoms with Crippen molar-refractivity contribution in [3.8, 4) is 0 Å². The van der Waals surface area contributed by atoms with E-state index in [4.69, 9.17) is 4.42 Å². The normalized spacial score (nSPS) is 12.2. The molecule has 1 aromatic heterocycles. The van der Waals surface area contributed by atoms with Crippen LogP contribution in [-0.4, -0.2) is 43.6 Å². The molecule has 0 radical (unpaired) electrons. The summed E-state index contributed by atoms with van der Waals surface area (Å²) < 4.78 is 5.58. The van der Waals surface area contributed by atoms with Gasteiger partial charge >= 0.3 is 0 Å². The average molecular weight is 280 g/mol. The molecule has 0 amide bonds. The first-order valence-electron chi connectivity index (χ1n) is 7.56. The predicted octanol–water partition coefficient (Wildman–Crippen LogP) is 2.24. The number of aliphatic imine (C=N–C) groups is 1. The van der Waals surface area contributed by atoms with E-state index < -0.39 is 0 Å². The summed E-state index contributed by atoms with van der Waals surface area (Å²) in [5.41, 5.74) is 0. The zero-order valence-electron chi connectivity index (χ0n) is 13.1. The van der Waals surface area contributed by atoms with Gasteiger partial charge in [0.15, 0.2) is 5.96 Å². The zero-order chi connectivity index (χ0) is 14.8. The Hall–Kier alpha value is -1.49. The number of hydrogen-bond donors (Lipinski definition) is 2. The molecule has 5 heteroatoms. The third kappa shape index (κ3) is 4.89. The summed E-state index contributed by atoms with van der Waals surface area (Å²) in [5.74, 6) is 1.84. The minimum Gasteiger partial charge on any atom is -0.468 e. The van der Waals surface area contributed by atoms with Crippen molar-refractivity contribution >= 4 is 5.96 Å². The molecule has 1 heterocycles. The van der Waals surface area contributed by atoms with Crippen molar-refractivity contribution in [1.29, 1.82) is 0 Å². The summed E-state index contributed by atoms with van der Waals surface area (Å²) in [7, 11) is 0. The minimum atomic E-state index is 0.187. The fourth-order valence-electron chi connectivity index (χ4n) is 2.22. The van der Waals surface area contributed by atoms with E-state index in [1.54, 1.807) is 6.26 Å². The average Bonchev–Trinajstić information content (AvgIpc) is 2.97. The fraction of sp³-hybridized carbons (Fsp3) is 0.667. The number of nitrogens with one attached hydrogen (secondary N) is 2. The number of rotatable bonds is 8. The maximum Gasteiger partial charge on any atom is 0.191 e. The van der Waals surface area contributed by atoms with Gasteiger partial charge in [0.25, 0.3) is 0 Å². The maximum atomic E-state index is 5.58. The highest BCUT2D eigenvalue weighted by atomic mass is 16.3. The Labute approximate surface area is 122 Å². The highest BCUT2D eigenvalue weighted by molar-refractivity contribution is 5.79. The Balaban J connectivity index is 2.81. The Kier molecular flexibility index (Phi) is 7.80. The molecule has 0 aliphatic rings. The van der Waals surface area contributed by atoms with Crippen LogP contribution >= 0.6 is 0 Å². The van der Waals surface area contributed by atoms with Crippen LogP contribution < -0.4 is 10.6 Å². The van der Waals surface area contributed by atoms with E-state index in [-0.39, 0.29) is 6.04 Å². The Bertz CT molecular complexity index is 363. The molecular formula is C15H28N4O. The topological polar surface area (TPSA) is 52.8 Å². The molecule has 0 aromatic carbocycles. The first-order chi connectivity index (χ1) is 9.76. The summed E-state index contributed by atoms with van der Waals surface area (Å²) in [6.07, 6.45) is 1.73. The zero-order valence-corrected chi connectivity index (χ0v) is 13.1. The second-order valence-corrected chi connectivity index (χ2v) is 4.50. The van der Waals surface area contributed by atoms with E-state index in [0.717, 1.165) is 37.9 Å². The lowest BCUT2D eigenvalue weighted by Crippen LogP contribution is -2.38. The van der Waals surface area contributed by atoms with Crippen LogP contribution in [0.3, 0.4) is 0 Å². The van der Waals surface area contributed by atoms with E-state index in [0.29, 0.717) is 6.54 Å². The number of hydrogen-bond acceptors (Lipinski definition) is 3. The Morgan fingerprint density at radius 3 is 2.30 bits per heavy atom. The van der Waals surface area contributed by atoms with Crippen molar-refractivity contribution in [1.82, 2.24) is 15.5 Å². The lowest BCUT2D eigenvalue weighted by molar-refractivity contribution is 0.198. The summed E-state index contributed by atoms with van der Waals surface area (Å²) >= 11 is 0. The standard InChI is InChI=1S/C15H28N4O/c1-5-16-15(17-6-2)18-12-13(19(7-3)8-4)14-10-9-11-20-14/h9-11,13H,5-8,12H2,1-4H3,(H2,16,17,18). The van der Waals surface area contributed by atoms with Gasteiger partial charge in [-0.15, -0.1) is 0 Å². The lowest BCUT2D eigenvalue weighted by Gasteiger charge is -2.27. The van der Waals surface area contributed by atoms with E-state index >= 15 is 0 Å². The first kappa shape index (κ1) is 16.6. The second-order valence-electron chi connectivity index (χ2n) is 4.50. The smallest absolute Gasteiger partial charge is 0.191 e. The largest absolute Gasteiger partial charge is 0.468 e. The second kappa shape index (κ2) is 9.42. The summed E-state index contributed by atoms with van der Waals surface area (Å²) in [6, 6.07) is 4.15. The summed E-state index contributed by atoms with van der Waals surface area (Å²) in [5, 5.41) is 6.50. The molecular weight excluding hydrogens is 252 g/mol. The lowest BCUT2D eigenvalue weighted by atomic mass is 10.2. The van der Waals surface area contributed by atoms with E-state index in [1.165, 1.54) is 0 Å². The quantitative estimate of drug-likeness (QED) is 0.566. The summed E-state index contributed by atoms with van der Waals surface area (Å²) in [4.78, 5) is 7.03. The molecule has 1 rings (SSSR count). The predicted molar refractivity (Wildman–Crippen MR) is 84.0 cm³/mol. The molecule has 114 valence electrons. The maximum absolute atomic E-state index is 5.58. The van der Waals surface area contributed by atoms with Crippen LogP contribution in [0.2, 0.25) is 0 Å². The van der Waals surface area contributed by atoms with Gasteiger partial charge in [0.2, 0.25) is 0 Å². The highest BCUT2D eigenvalue weighted by Crippen LogP contribution is 2.21. The van der Waals surface area contributed by atoms with Crippen LogP contribution in [0.25, 0.3) is 0 Å². The number of nitrogens with zero attached hydrogens (tertiary/aromatic N) is 2. The van der Waals surface area contributed by atoms with Crippen LogP contribution in [0.4, 0.5) is 0 Å². The molecule has 1 atom stereocenters. The molecule has 0 aliphatic carbocycles. The molecule has 0 aliphatic heterocycles. The van der Waals surface area contributed by atoms with Gasteiger partial charge in [-0.2, -0.15) is 0 Å². The number of furan rings is 1. The summed E-state index contributed by atoms with van der Waals surface area (Å²) in [6.45, 7) is 12.8. The van der Waals surface area contributed by atoms with Gasteiger partial charge < -0.3 is 15.1 Å². The SMILES string of the molecule is CCNC(=NCC(c1ccco1)N(CC)CC)NCC. The molecule has 20 heavy (non-hydrogen) atoms. The van der Waals surface area contributed by atoms with Crippen LogP contribution in [0.5, 0.6) is 0 Å². The molecule has 1 unspecified atom stereocenters. The van der Waals surface area contributed by atoms with Crippen LogP contribution in [0.15, 0.2) is 27.8 Å². The van der Waals surface area contributed by atoms with Gasteiger partial charge in [-0.1, -0.05) is 13.8 Å². The van der Waals surface area contributed by atoms with E-state index in [2.05, 4.69) is 48.2 Å². The highest BCUT2D eigenvalue weighted by Gasteiger charge is 2.20. The van der Waals surface area contributed by atoms with Crippen molar-refractivity contribution in [2.24, 2.45) is 4.99 Å². The fourth-order valence-corrected chi connectivity index (χ4v) is 2.22. The molecule has 0 saturated heterocycles. The van der Waals surface area contributed by atoms with Gasteiger partial charge in [0.1, 0.15) is 5.76 Å². The molecule has 0 fully saturated rings. The van der Waals surface area contributed by atoms with Gasteiger partial charge in [-0.05, 0) is 39.1 Å². The van der Waals surface area contributed by atoms with Crippen molar-refractivity contribution in [3.63, 3.8) is 0 Å². The van der Waals surface area contributed by atoms with Gasteiger partial charge in [0.05, 0.1) is 18.8 Å². The van der Waals surface area contributed by atoms with Crippen molar-refractivity contribution in [2.75, 3.05) is 32.7 Å². The monoisotopic (exact) mass is 280 g/mol. The van der Waals surface area contributed by atoms with Gasteiger partial charge in [0, 0.05) is 13.1 Å². The van der Waals surface area contributed by atoms with Crippen LogP contribution in [0.1, 0.15) is 39.5 Å². The van der Waals surface area contributed by atoms with E-state index in [9.17, 15) is 0 Å². The molecule has 1 aromatic rings. The number of guanidine groups is 1. The Morgan fingerprint density at radius 2 is 1.85 bits per heavy atom. The van der Waals surface area contributed by atoms with Crippen LogP contribution in [0, 0.1) is 0 Å². The van der Waals surface area contributed by atoms with Crippen LogP contribution in [-0.2, 0) is 0 Å². The molecule has 2 N–H and O–H groups in total. The van der Waals surface area contributed by atoms with Crippen molar-refractivity contribution in [3.05, 3.63) is 24.2 Å².